The highest BCUT2D eigenvalue weighted by molar-refractivity contribution is 6.21. The number of hydrogen-bond donors (Lipinski definition) is 2. The number of nitrogens with zero attached hydrogens (tertiary/aromatic N) is 3. The molecule has 14 heteroatoms. The molecule has 62 heavy (non-hydrogen) atoms. The van der Waals surface area contributed by atoms with Crippen LogP contribution in [0.3, 0.4) is 0 Å². The highest BCUT2D eigenvalue weighted by atomic mass is 16.5. The lowest BCUT2D eigenvalue weighted by Crippen LogP contribution is -2.42. The van der Waals surface area contributed by atoms with Crippen LogP contribution in [0.5, 0.6) is 23.0 Å². The van der Waals surface area contributed by atoms with Crippen molar-refractivity contribution in [3.63, 3.8) is 0 Å². The average Bonchev–Trinajstić information content (AvgIpc) is 3.82. The molecule has 0 fully saturated rings. The van der Waals surface area contributed by atoms with E-state index in [4.69, 9.17) is 18.9 Å². The van der Waals surface area contributed by atoms with Crippen molar-refractivity contribution in [3.8, 4) is 23.0 Å². The van der Waals surface area contributed by atoms with Crippen LogP contribution < -0.4 is 44.3 Å². The first-order valence-electron chi connectivity index (χ1n) is 20.5. The summed E-state index contributed by atoms with van der Waals surface area (Å²) in [7, 11) is 4.94. The molecule has 2 N–H and O–H groups in total. The molecule has 316 valence electrons. The first-order valence-corrected chi connectivity index (χ1v) is 20.5. The van der Waals surface area contributed by atoms with Crippen molar-refractivity contribution in [1.82, 2.24) is 0 Å². The van der Waals surface area contributed by atoms with E-state index < -0.39 is 12.1 Å². The smallest absolute Gasteiger partial charge is 0.261 e. The first-order chi connectivity index (χ1) is 30.0. The molecule has 4 aliphatic rings. The third kappa shape index (κ3) is 7.31. The number of carbonyl (C=O) groups is 5. The Hall–Kier alpha value is -7.35. The number of methoxy groups -OCH3 is 2. The van der Waals surface area contributed by atoms with Gasteiger partial charge in [0.1, 0.15) is 31.1 Å². The van der Waals surface area contributed by atoms with Crippen LogP contribution in [0.25, 0.3) is 0 Å². The van der Waals surface area contributed by atoms with Gasteiger partial charge in [-0.2, -0.15) is 0 Å². The first kappa shape index (κ1) is 40.1. The largest absolute Gasteiger partial charge is 0.493 e. The van der Waals surface area contributed by atoms with Crippen molar-refractivity contribution in [2.24, 2.45) is 0 Å². The van der Waals surface area contributed by atoms with Crippen molar-refractivity contribution >= 4 is 57.8 Å². The molecular formula is C48H45N5O9. The Bertz CT molecular complexity index is 2510. The van der Waals surface area contributed by atoms with Crippen LogP contribution in [0, 0.1) is 0 Å². The number of Topliss-reactive ketones (excluding diaryl/α,β-unsaturated/α-hetero) is 1. The summed E-state index contributed by atoms with van der Waals surface area (Å²) < 4.78 is 24.2. The van der Waals surface area contributed by atoms with Gasteiger partial charge >= 0.3 is 0 Å². The second kappa shape index (κ2) is 16.3. The summed E-state index contributed by atoms with van der Waals surface area (Å²) in [5.41, 5.74) is 6.94. The van der Waals surface area contributed by atoms with E-state index in [0.29, 0.717) is 89.1 Å². The van der Waals surface area contributed by atoms with Gasteiger partial charge in [-0.1, -0.05) is 36.4 Å². The highest BCUT2D eigenvalue weighted by Gasteiger charge is 2.43. The summed E-state index contributed by atoms with van der Waals surface area (Å²) in [6.45, 7) is 2.36. The number of amides is 4. The lowest BCUT2D eigenvalue weighted by Gasteiger charge is -2.22. The number of anilines is 5. The summed E-state index contributed by atoms with van der Waals surface area (Å²) in [4.78, 5) is 71.9. The highest BCUT2D eigenvalue weighted by Crippen LogP contribution is 2.43. The van der Waals surface area contributed by atoms with Crippen molar-refractivity contribution < 1.29 is 42.9 Å². The summed E-state index contributed by atoms with van der Waals surface area (Å²) >= 11 is 0. The summed E-state index contributed by atoms with van der Waals surface area (Å²) in [6, 6.07) is 26.0. The van der Waals surface area contributed by atoms with Gasteiger partial charge < -0.3 is 39.3 Å². The maximum atomic E-state index is 14.0. The molecular weight excluding hydrogens is 791 g/mol. The van der Waals surface area contributed by atoms with E-state index in [-0.39, 0.29) is 42.6 Å². The topological polar surface area (TPSA) is 156 Å². The fourth-order valence-electron chi connectivity index (χ4n) is 8.76. The SMILES string of the molecule is COc1cc2c(cc1OCc1cc(COc3cc4c(cc3OC)C(=O)N3c5ccccc5C[C@H]3C(=O)N4)cc(N(C)CCCC(C)=O)c1)NC(=O)C1Cc3ccccc3N1C2=O. The van der Waals surface area contributed by atoms with Crippen molar-refractivity contribution in [2.45, 2.75) is 57.9 Å². The Kier molecular flexibility index (Phi) is 10.5. The van der Waals surface area contributed by atoms with E-state index in [9.17, 15) is 24.0 Å². The molecule has 0 aromatic heterocycles. The van der Waals surface area contributed by atoms with Gasteiger partial charge in [-0.05, 0) is 78.1 Å². The van der Waals surface area contributed by atoms with Gasteiger partial charge in [-0.25, -0.2) is 0 Å². The van der Waals surface area contributed by atoms with E-state index in [1.807, 2.05) is 73.8 Å². The van der Waals surface area contributed by atoms with Crippen molar-refractivity contribution in [1.29, 1.82) is 0 Å². The fourth-order valence-corrected chi connectivity index (χ4v) is 8.76. The molecule has 14 nitrogen and oxygen atoms in total. The van der Waals surface area contributed by atoms with Crippen LogP contribution in [0.2, 0.25) is 0 Å². The minimum absolute atomic E-state index is 0.0817. The van der Waals surface area contributed by atoms with Gasteiger partial charge in [-0.15, -0.1) is 0 Å². The summed E-state index contributed by atoms with van der Waals surface area (Å²) in [5.74, 6) is 0.216. The van der Waals surface area contributed by atoms with Gasteiger partial charge in [0, 0.05) is 62.0 Å². The monoisotopic (exact) mass is 835 g/mol. The number of ketones is 1. The molecule has 0 bridgehead atoms. The molecule has 0 radical (unpaired) electrons. The Morgan fingerprint density at radius 2 is 1.13 bits per heavy atom. The van der Waals surface area contributed by atoms with E-state index in [1.54, 1.807) is 41.0 Å². The second-order valence-corrected chi connectivity index (χ2v) is 15.9. The molecule has 5 aromatic rings. The number of nitrogens with one attached hydrogen (secondary N) is 2. The number of rotatable bonds is 13. The lowest BCUT2D eigenvalue weighted by atomic mass is 10.1. The summed E-state index contributed by atoms with van der Waals surface area (Å²) in [6.07, 6.45) is 1.95. The van der Waals surface area contributed by atoms with Gasteiger partial charge in [0.15, 0.2) is 23.0 Å². The van der Waals surface area contributed by atoms with Gasteiger partial charge in [0.2, 0.25) is 11.8 Å². The Labute approximate surface area is 358 Å². The minimum atomic E-state index is -0.679. The second-order valence-electron chi connectivity index (χ2n) is 15.9. The number of fused-ring (bicyclic) bond motifs is 8. The average molecular weight is 836 g/mol. The molecule has 0 saturated carbocycles. The molecule has 4 amide bonds. The minimum Gasteiger partial charge on any atom is -0.493 e. The number of ether oxygens (including phenoxy) is 4. The summed E-state index contributed by atoms with van der Waals surface area (Å²) in [5, 5.41) is 5.91. The lowest BCUT2D eigenvalue weighted by molar-refractivity contribution is -0.117. The fraction of sp³-hybridized carbons (Fsp3) is 0.271. The molecule has 4 heterocycles. The molecule has 9 rings (SSSR count). The van der Waals surface area contributed by atoms with Gasteiger partial charge in [-0.3, -0.25) is 29.0 Å². The number of carbonyl (C=O) groups excluding carboxylic acids is 5. The maximum Gasteiger partial charge on any atom is 0.261 e. The molecule has 1 unspecified atom stereocenters. The third-order valence-corrected chi connectivity index (χ3v) is 11.9. The normalized spacial score (nSPS) is 17.0. The Balaban J connectivity index is 0.982. The predicted octanol–water partition coefficient (Wildman–Crippen LogP) is 6.71. The van der Waals surface area contributed by atoms with Gasteiger partial charge in [0.05, 0.1) is 36.7 Å². The molecule has 0 spiro atoms. The van der Waals surface area contributed by atoms with Crippen LogP contribution in [0.4, 0.5) is 28.4 Å². The third-order valence-electron chi connectivity index (χ3n) is 11.9. The zero-order chi connectivity index (χ0) is 43.2. The number of hydrogen-bond acceptors (Lipinski definition) is 10. The van der Waals surface area contributed by atoms with Crippen LogP contribution in [0.1, 0.15) is 62.7 Å². The van der Waals surface area contributed by atoms with Crippen LogP contribution >= 0.6 is 0 Å². The molecule has 0 aliphatic carbocycles. The molecule has 2 atom stereocenters. The standard InChI is InChI=1S/C48H45N5O9/c1-27(54)10-9-15-51(2)32-17-28(25-61-43-23-35-33(21-41(43)59-3)47(57)52-37-13-7-5-11-30(37)19-39(52)45(55)49-35)16-29(18-32)26-62-44-24-36-34(22-42(44)60-4)48(58)53-38-14-8-6-12-31(38)20-40(53)46(56)50-36/h5-8,11-14,16-18,21-24,39-40H,9-10,15,19-20,25-26H2,1-4H3,(H,49,55)(H,50,56)/t39-,40?/m0/s1. The van der Waals surface area contributed by atoms with Gasteiger partial charge in [0.25, 0.3) is 11.8 Å². The van der Waals surface area contributed by atoms with Crippen LogP contribution in [0.15, 0.2) is 91.0 Å². The Morgan fingerprint density at radius 3 is 1.58 bits per heavy atom. The zero-order valence-corrected chi connectivity index (χ0v) is 34.8. The quantitative estimate of drug-likeness (QED) is 0.131. The molecule has 0 saturated heterocycles. The van der Waals surface area contributed by atoms with E-state index in [1.165, 1.54) is 14.2 Å². The zero-order valence-electron chi connectivity index (χ0n) is 34.8. The number of para-hydroxylation sites is 2. The van der Waals surface area contributed by atoms with E-state index in [0.717, 1.165) is 27.9 Å². The predicted molar refractivity (Wildman–Crippen MR) is 233 cm³/mol. The van der Waals surface area contributed by atoms with Crippen LogP contribution in [-0.4, -0.2) is 69.3 Å². The van der Waals surface area contributed by atoms with E-state index in [2.05, 4.69) is 15.5 Å². The molecule has 5 aromatic carbocycles. The van der Waals surface area contributed by atoms with E-state index >= 15 is 0 Å². The van der Waals surface area contributed by atoms with Crippen molar-refractivity contribution in [3.05, 3.63) is 124 Å². The number of benzene rings is 5. The maximum absolute atomic E-state index is 14.0. The molecule has 4 aliphatic heterocycles. The van der Waals surface area contributed by atoms with Crippen LogP contribution in [-0.2, 0) is 40.4 Å². The van der Waals surface area contributed by atoms with Crippen molar-refractivity contribution in [2.75, 3.05) is 53.1 Å². The Morgan fingerprint density at radius 1 is 0.661 bits per heavy atom.